The first-order chi connectivity index (χ1) is 14.6. The second-order valence-corrected chi connectivity index (χ2v) is 7.56. The topological polar surface area (TPSA) is 87.8 Å². The molecule has 0 saturated carbocycles. The van der Waals surface area contributed by atoms with Crippen LogP contribution in [0.25, 0.3) is 0 Å². The van der Waals surface area contributed by atoms with Crippen molar-refractivity contribution in [3.63, 3.8) is 0 Å². The number of nitrogens with two attached hydrogens (primary N) is 1. The average Bonchev–Trinajstić information content (AvgIpc) is 3.43. The van der Waals surface area contributed by atoms with E-state index in [0.717, 1.165) is 10.4 Å². The van der Waals surface area contributed by atoms with E-state index in [-0.39, 0.29) is 18.0 Å². The highest BCUT2D eigenvalue weighted by molar-refractivity contribution is 7.10. The number of anilines is 2. The molecule has 0 bridgehead atoms. The van der Waals surface area contributed by atoms with Crippen LogP contribution in [0.2, 0.25) is 0 Å². The Morgan fingerprint density at radius 3 is 2.63 bits per heavy atom. The van der Waals surface area contributed by atoms with E-state index in [1.165, 1.54) is 5.01 Å². The van der Waals surface area contributed by atoms with Crippen molar-refractivity contribution < 1.29 is 9.59 Å². The number of amides is 2. The predicted molar refractivity (Wildman–Crippen MR) is 119 cm³/mol. The van der Waals surface area contributed by atoms with Gasteiger partial charge in [0.25, 0.3) is 5.91 Å². The molecule has 2 heterocycles. The number of carbonyl (C=O) groups is 2. The van der Waals surface area contributed by atoms with Crippen LogP contribution >= 0.6 is 11.3 Å². The molecule has 30 heavy (non-hydrogen) atoms. The Bertz CT molecular complexity index is 1160. The molecule has 0 fully saturated rings. The summed E-state index contributed by atoms with van der Waals surface area (Å²) >= 11 is 1.57. The number of rotatable bonds is 4. The number of benzene rings is 2. The fourth-order valence-electron chi connectivity index (χ4n) is 3.05. The Balaban J connectivity index is 1.51. The van der Waals surface area contributed by atoms with Crippen LogP contribution in [0.3, 0.4) is 0 Å². The van der Waals surface area contributed by atoms with E-state index in [9.17, 15) is 9.59 Å². The van der Waals surface area contributed by atoms with Crippen molar-refractivity contribution in [3.05, 3.63) is 82.6 Å². The molecule has 0 saturated heterocycles. The summed E-state index contributed by atoms with van der Waals surface area (Å²) in [5.41, 5.74) is 7.88. The maximum Gasteiger partial charge on any atom is 0.271 e. The highest BCUT2D eigenvalue weighted by Crippen LogP contribution is 2.24. The molecule has 1 atom stereocenters. The van der Waals surface area contributed by atoms with Gasteiger partial charge < -0.3 is 11.1 Å². The molecule has 7 heteroatoms. The van der Waals surface area contributed by atoms with Gasteiger partial charge in [0, 0.05) is 17.7 Å². The van der Waals surface area contributed by atoms with Gasteiger partial charge in [-0.1, -0.05) is 42.2 Å². The van der Waals surface area contributed by atoms with Crippen molar-refractivity contribution >= 4 is 40.2 Å². The lowest BCUT2D eigenvalue weighted by Gasteiger charge is -2.20. The number of nitrogens with one attached hydrogen (secondary N) is 1. The third-order valence-electron chi connectivity index (χ3n) is 4.49. The van der Waals surface area contributed by atoms with Crippen LogP contribution in [0.5, 0.6) is 0 Å². The number of carbonyl (C=O) groups excluding carboxylic acids is 2. The zero-order chi connectivity index (χ0) is 20.9. The van der Waals surface area contributed by atoms with Crippen LogP contribution in [-0.4, -0.2) is 23.6 Å². The first-order valence-electron chi connectivity index (χ1n) is 9.28. The molecule has 0 unspecified atom stereocenters. The number of para-hydroxylation sites is 1. The highest BCUT2D eigenvalue weighted by Gasteiger charge is 2.34. The quantitative estimate of drug-likeness (QED) is 0.643. The SMILES string of the molecule is NC(=O)[C@@H]1CC(C(=O)Nc2cccc(C#Cc3cccs3)c2)=NN1c1ccccc1. The molecule has 3 N–H and O–H groups in total. The van der Waals surface area contributed by atoms with Crippen LogP contribution in [0.4, 0.5) is 11.4 Å². The smallest absolute Gasteiger partial charge is 0.271 e. The zero-order valence-corrected chi connectivity index (χ0v) is 16.7. The predicted octanol–water partition coefficient (Wildman–Crippen LogP) is 3.21. The van der Waals surface area contributed by atoms with Gasteiger partial charge in [0.1, 0.15) is 11.8 Å². The molecule has 2 amide bonds. The number of hydrogen-bond acceptors (Lipinski definition) is 5. The monoisotopic (exact) mass is 414 g/mol. The van der Waals surface area contributed by atoms with E-state index in [4.69, 9.17) is 5.73 Å². The minimum Gasteiger partial charge on any atom is -0.368 e. The number of hydrazone groups is 1. The van der Waals surface area contributed by atoms with Gasteiger partial charge in [0.15, 0.2) is 0 Å². The number of hydrogen-bond donors (Lipinski definition) is 2. The number of primary amides is 1. The van der Waals surface area contributed by atoms with Crippen molar-refractivity contribution in [1.29, 1.82) is 0 Å². The van der Waals surface area contributed by atoms with Gasteiger partial charge in [-0.3, -0.25) is 14.6 Å². The summed E-state index contributed by atoms with van der Waals surface area (Å²) in [7, 11) is 0. The lowest BCUT2D eigenvalue weighted by molar-refractivity contribution is -0.119. The summed E-state index contributed by atoms with van der Waals surface area (Å²) in [6.45, 7) is 0. The van der Waals surface area contributed by atoms with Crippen LogP contribution in [-0.2, 0) is 9.59 Å². The molecule has 0 radical (unpaired) electrons. The normalized spacial score (nSPS) is 15.1. The maximum atomic E-state index is 12.8. The minimum absolute atomic E-state index is 0.147. The van der Waals surface area contributed by atoms with Crippen molar-refractivity contribution in [2.45, 2.75) is 12.5 Å². The van der Waals surface area contributed by atoms with E-state index >= 15 is 0 Å². The Morgan fingerprint density at radius 2 is 1.90 bits per heavy atom. The molecule has 148 valence electrons. The van der Waals surface area contributed by atoms with E-state index in [1.807, 2.05) is 60.0 Å². The van der Waals surface area contributed by atoms with Crippen LogP contribution < -0.4 is 16.1 Å². The molecule has 6 nitrogen and oxygen atoms in total. The molecule has 1 aliphatic heterocycles. The van der Waals surface area contributed by atoms with E-state index in [2.05, 4.69) is 22.3 Å². The summed E-state index contributed by atoms with van der Waals surface area (Å²) in [6, 6.07) is 19.7. The molecule has 2 aromatic carbocycles. The molecule has 0 aliphatic carbocycles. The van der Waals surface area contributed by atoms with Gasteiger partial charge in [0.2, 0.25) is 5.91 Å². The van der Waals surface area contributed by atoms with Gasteiger partial charge >= 0.3 is 0 Å². The zero-order valence-electron chi connectivity index (χ0n) is 15.9. The van der Waals surface area contributed by atoms with Gasteiger partial charge in [-0.05, 0) is 41.8 Å². The Morgan fingerprint density at radius 1 is 1.07 bits per heavy atom. The Kier molecular flexibility index (Phi) is 5.59. The Labute approximate surface area is 178 Å². The van der Waals surface area contributed by atoms with E-state index < -0.39 is 11.9 Å². The van der Waals surface area contributed by atoms with Crippen LogP contribution in [0.15, 0.2) is 77.2 Å². The second kappa shape index (κ2) is 8.64. The summed E-state index contributed by atoms with van der Waals surface area (Å²) in [6.07, 6.45) is 0.147. The van der Waals surface area contributed by atoms with Crippen molar-refractivity contribution in [1.82, 2.24) is 0 Å². The largest absolute Gasteiger partial charge is 0.368 e. The first kappa shape index (κ1) is 19.4. The molecule has 3 aromatic rings. The lowest BCUT2D eigenvalue weighted by atomic mass is 10.1. The van der Waals surface area contributed by atoms with Gasteiger partial charge in [-0.15, -0.1) is 11.3 Å². The third-order valence-corrected chi connectivity index (χ3v) is 5.28. The molecule has 1 aromatic heterocycles. The summed E-state index contributed by atoms with van der Waals surface area (Å²) < 4.78 is 0. The maximum absolute atomic E-state index is 12.8. The van der Waals surface area contributed by atoms with Gasteiger partial charge in [0.05, 0.1) is 10.6 Å². The molecular formula is C23H18N4O2S. The third kappa shape index (κ3) is 4.40. The Hall–Kier alpha value is -3.89. The fourth-order valence-corrected chi connectivity index (χ4v) is 3.62. The van der Waals surface area contributed by atoms with Crippen molar-refractivity contribution in [3.8, 4) is 11.8 Å². The van der Waals surface area contributed by atoms with Crippen molar-refractivity contribution in [2.24, 2.45) is 10.8 Å². The average molecular weight is 414 g/mol. The van der Waals surface area contributed by atoms with E-state index in [1.54, 1.807) is 23.5 Å². The highest BCUT2D eigenvalue weighted by atomic mass is 32.1. The number of nitrogens with zero attached hydrogens (tertiary/aromatic N) is 2. The van der Waals surface area contributed by atoms with Gasteiger partial charge in [-0.25, -0.2) is 0 Å². The first-order valence-corrected chi connectivity index (χ1v) is 10.2. The van der Waals surface area contributed by atoms with E-state index in [0.29, 0.717) is 11.4 Å². The van der Waals surface area contributed by atoms with Crippen LogP contribution in [0, 0.1) is 11.8 Å². The standard InChI is InChI=1S/C23H18N4O2S/c24-22(28)21-15-20(26-27(21)18-8-2-1-3-9-18)23(29)25-17-7-4-6-16(14-17)11-12-19-10-5-13-30-19/h1-10,13-14,21H,15H2,(H2,24,28)(H,25,29)/t21-/m0/s1. The molecule has 0 spiro atoms. The fraction of sp³-hybridized carbons (Fsp3) is 0.0870. The van der Waals surface area contributed by atoms with Crippen molar-refractivity contribution in [2.75, 3.05) is 10.3 Å². The molecule has 4 rings (SSSR count). The summed E-state index contributed by atoms with van der Waals surface area (Å²) in [5, 5.41) is 10.7. The lowest BCUT2D eigenvalue weighted by Crippen LogP contribution is -2.39. The second-order valence-electron chi connectivity index (χ2n) is 6.61. The molecule has 1 aliphatic rings. The van der Waals surface area contributed by atoms with Crippen LogP contribution in [0.1, 0.15) is 16.9 Å². The molecular weight excluding hydrogens is 396 g/mol. The summed E-state index contributed by atoms with van der Waals surface area (Å²) in [4.78, 5) is 25.6. The van der Waals surface area contributed by atoms with Gasteiger partial charge in [-0.2, -0.15) is 5.10 Å². The summed E-state index contributed by atoms with van der Waals surface area (Å²) in [5.74, 6) is 5.28. The minimum atomic E-state index is -0.698. The number of thiophene rings is 1.